The molecular formula is C13H26N4O2S2. The Morgan fingerprint density at radius 1 is 1.38 bits per heavy atom. The number of nitrogens with zero attached hydrogens (tertiary/aromatic N) is 2. The third-order valence-electron chi connectivity index (χ3n) is 3.11. The minimum Gasteiger partial charge on any atom is -0.317 e. The monoisotopic (exact) mass is 334 g/mol. The fourth-order valence-electron chi connectivity index (χ4n) is 1.83. The Kier molecular flexibility index (Phi) is 8.35. The van der Waals surface area contributed by atoms with Crippen LogP contribution in [0.4, 0.5) is 0 Å². The second-order valence-corrected chi connectivity index (χ2v) is 7.61. The standard InChI is InChI=1S/C13H26N4O2S2/c1-4-7-14-8-6-10-17(3)21(18,19)16-12(5-2)13-15-9-11-20-13/h9,11-12,14,16H,4-8,10H2,1-3H3. The van der Waals surface area contributed by atoms with Crippen LogP contribution in [0.25, 0.3) is 0 Å². The highest BCUT2D eigenvalue weighted by atomic mass is 32.2. The lowest BCUT2D eigenvalue weighted by Crippen LogP contribution is -2.41. The maximum absolute atomic E-state index is 12.3. The Hall–Kier alpha value is -0.540. The van der Waals surface area contributed by atoms with Crippen LogP contribution in [0.3, 0.4) is 0 Å². The van der Waals surface area contributed by atoms with Gasteiger partial charge in [0.2, 0.25) is 0 Å². The summed E-state index contributed by atoms with van der Waals surface area (Å²) < 4.78 is 28.7. The van der Waals surface area contributed by atoms with E-state index in [1.807, 2.05) is 12.3 Å². The van der Waals surface area contributed by atoms with E-state index < -0.39 is 10.2 Å². The first kappa shape index (κ1) is 18.5. The summed E-state index contributed by atoms with van der Waals surface area (Å²) in [6, 6.07) is -0.254. The highest BCUT2D eigenvalue weighted by Crippen LogP contribution is 2.20. The number of thiazole rings is 1. The van der Waals surface area contributed by atoms with Crippen LogP contribution in [0.15, 0.2) is 11.6 Å². The Morgan fingerprint density at radius 3 is 2.71 bits per heavy atom. The molecule has 2 N–H and O–H groups in total. The van der Waals surface area contributed by atoms with Gasteiger partial charge in [0, 0.05) is 25.2 Å². The molecule has 8 heteroatoms. The van der Waals surface area contributed by atoms with E-state index in [4.69, 9.17) is 0 Å². The van der Waals surface area contributed by atoms with Crippen LogP contribution in [0.1, 0.15) is 44.2 Å². The van der Waals surface area contributed by atoms with Gasteiger partial charge in [-0.15, -0.1) is 11.3 Å². The third kappa shape index (κ3) is 6.39. The topological polar surface area (TPSA) is 74.3 Å². The molecule has 1 heterocycles. The molecule has 0 spiro atoms. The lowest BCUT2D eigenvalue weighted by molar-refractivity contribution is 0.434. The maximum atomic E-state index is 12.3. The van der Waals surface area contributed by atoms with Crippen LogP contribution in [0, 0.1) is 0 Å². The zero-order valence-electron chi connectivity index (χ0n) is 13.0. The van der Waals surface area contributed by atoms with E-state index in [2.05, 4.69) is 21.9 Å². The van der Waals surface area contributed by atoms with E-state index in [1.165, 1.54) is 15.6 Å². The minimum absolute atomic E-state index is 0.254. The first-order valence-electron chi connectivity index (χ1n) is 7.35. The number of nitrogens with one attached hydrogen (secondary N) is 2. The van der Waals surface area contributed by atoms with Gasteiger partial charge in [-0.25, -0.2) is 4.98 Å². The summed E-state index contributed by atoms with van der Waals surface area (Å²) in [6.45, 7) is 6.36. The number of aromatic nitrogens is 1. The molecule has 0 aliphatic heterocycles. The van der Waals surface area contributed by atoms with Crippen molar-refractivity contribution in [1.29, 1.82) is 0 Å². The van der Waals surface area contributed by atoms with Crippen LogP contribution >= 0.6 is 11.3 Å². The van der Waals surface area contributed by atoms with Gasteiger partial charge >= 0.3 is 0 Å². The summed E-state index contributed by atoms with van der Waals surface area (Å²) >= 11 is 1.47. The number of rotatable bonds is 11. The molecule has 122 valence electrons. The van der Waals surface area contributed by atoms with Crippen LogP contribution in [-0.2, 0) is 10.2 Å². The third-order valence-corrected chi connectivity index (χ3v) is 5.59. The zero-order valence-corrected chi connectivity index (χ0v) is 14.6. The Labute approximate surface area is 132 Å². The Morgan fingerprint density at radius 2 is 2.14 bits per heavy atom. The molecule has 1 aromatic rings. The highest BCUT2D eigenvalue weighted by Gasteiger charge is 2.23. The SMILES string of the molecule is CCCNCCCN(C)S(=O)(=O)NC(CC)c1nccs1. The van der Waals surface area contributed by atoms with Crippen molar-refractivity contribution in [2.75, 3.05) is 26.7 Å². The summed E-state index contributed by atoms with van der Waals surface area (Å²) in [7, 11) is -1.86. The van der Waals surface area contributed by atoms with Gasteiger partial charge in [0.25, 0.3) is 10.2 Å². The molecule has 21 heavy (non-hydrogen) atoms. The molecule has 1 rings (SSSR count). The first-order chi connectivity index (χ1) is 10.0. The molecule has 0 amide bonds. The van der Waals surface area contributed by atoms with E-state index in [-0.39, 0.29) is 6.04 Å². The Bertz CT molecular complexity index is 476. The van der Waals surface area contributed by atoms with E-state index in [9.17, 15) is 8.42 Å². The van der Waals surface area contributed by atoms with Crippen LogP contribution in [0.2, 0.25) is 0 Å². The molecule has 0 aliphatic rings. The second-order valence-electron chi connectivity index (χ2n) is 4.88. The average Bonchev–Trinajstić information content (AvgIpc) is 2.98. The molecule has 0 saturated heterocycles. The van der Waals surface area contributed by atoms with Gasteiger partial charge in [-0.05, 0) is 32.4 Å². The smallest absolute Gasteiger partial charge is 0.279 e. The van der Waals surface area contributed by atoms with Crippen molar-refractivity contribution in [2.45, 2.75) is 39.2 Å². The quantitative estimate of drug-likeness (QED) is 0.605. The predicted octanol–water partition coefficient (Wildman–Crippen LogP) is 1.75. The van der Waals surface area contributed by atoms with Crippen molar-refractivity contribution >= 4 is 21.5 Å². The van der Waals surface area contributed by atoms with E-state index in [0.29, 0.717) is 13.0 Å². The first-order valence-corrected chi connectivity index (χ1v) is 9.67. The summed E-state index contributed by atoms with van der Waals surface area (Å²) in [6.07, 6.45) is 4.26. The van der Waals surface area contributed by atoms with Crippen molar-refractivity contribution in [3.05, 3.63) is 16.6 Å². The number of hydrogen-bond acceptors (Lipinski definition) is 5. The summed E-state index contributed by atoms with van der Waals surface area (Å²) in [5.74, 6) is 0. The van der Waals surface area contributed by atoms with Gasteiger partial charge in [0.1, 0.15) is 5.01 Å². The van der Waals surface area contributed by atoms with E-state index in [0.717, 1.165) is 30.9 Å². The van der Waals surface area contributed by atoms with Crippen LogP contribution in [0.5, 0.6) is 0 Å². The average molecular weight is 335 g/mol. The van der Waals surface area contributed by atoms with Gasteiger partial charge < -0.3 is 5.32 Å². The molecule has 0 aromatic carbocycles. The largest absolute Gasteiger partial charge is 0.317 e. The van der Waals surface area contributed by atoms with Crippen LogP contribution < -0.4 is 10.0 Å². The molecular weight excluding hydrogens is 308 g/mol. The van der Waals surface area contributed by atoms with Crippen molar-refractivity contribution < 1.29 is 8.42 Å². The molecule has 1 unspecified atom stereocenters. The fourth-order valence-corrected chi connectivity index (χ4v) is 3.87. The van der Waals surface area contributed by atoms with Gasteiger partial charge in [0.05, 0.1) is 6.04 Å². The molecule has 0 radical (unpaired) electrons. The molecule has 6 nitrogen and oxygen atoms in total. The van der Waals surface area contributed by atoms with E-state index >= 15 is 0 Å². The lowest BCUT2D eigenvalue weighted by atomic mass is 10.3. The fraction of sp³-hybridized carbons (Fsp3) is 0.769. The minimum atomic E-state index is -3.47. The predicted molar refractivity (Wildman–Crippen MR) is 87.6 cm³/mol. The lowest BCUT2D eigenvalue weighted by Gasteiger charge is -2.21. The van der Waals surface area contributed by atoms with Crippen molar-refractivity contribution in [3.63, 3.8) is 0 Å². The van der Waals surface area contributed by atoms with Crippen molar-refractivity contribution in [2.24, 2.45) is 0 Å². The summed E-state index contributed by atoms with van der Waals surface area (Å²) in [4.78, 5) is 4.19. The molecule has 0 saturated carbocycles. The maximum Gasteiger partial charge on any atom is 0.279 e. The van der Waals surface area contributed by atoms with E-state index in [1.54, 1.807) is 13.2 Å². The molecule has 0 fully saturated rings. The molecule has 1 atom stereocenters. The molecule has 0 aliphatic carbocycles. The van der Waals surface area contributed by atoms with Gasteiger partial charge in [0.15, 0.2) is 0 Å². The van der Waals surface area contributed by atoms with Crippen molar-refractivity contribution in [1.82, 2.24) is 19.3 Å². The van der Waals surface area contributed by atoms with Gasteiger partial charge in [-0.2, -0.15) is 17.4 Å². The summed E-state index contributed by atoms with van der Waals surface area (Å²) in [5.41, 5.74) is 0. The summed E-state index contributed by atoms with van der Waals surface area (Å²) in [5, 5.41) is 5.93. The van der Waals surface area contributed by atoms with Gasteiger partial charge in [-0.3, -0.25) is 0 Å². The second kappa shape index (κ2) is 9.47. The molecule has 1 aromatic heterocycles. The molecule has 0 bridgehead atoms. The van der Waals surface area contributed by atoms with Gasteiger partial charge in [-0.1, -0.05) is 13.8 Å². The highest BCUT2D eigenvalue weighted by molar-refractivity contribution is 7.87. The number of hydrogen-bond donors (Lipinski definition) is 2. The van der Waals surface area contributed by atoms with Crippen LogP contribution in [-0.4, -0.2) is 44.4 Å². The zero-order chi connectivity index (χ0) is 15.7. The normalized spacial score (nSPS) is 13.7. The van der Waals surface area contributed by atoms with Crippen molar-refractivity contribution in [3.8, 4) is 0 Å². The Balaban J connectivity index is 2.47.